The number of ether oxygens (including phenoxy) is 1. The molecule has 0 aromatic carbocycles. The highest BCUT2D eigenvalue weighted by Gasteiger charge is 2.08. The van der Waals surface area contributed by atoms with Gasteiger partial charge in [0.1, 0.15) is 0 Å². The maximum absolute atomic E-state index is 5.63. The van der Waals surface area contributed by atoms with E-state index in [9.17, 15) is 0 Å². The van der Waals surface area contributed by atoms with Gasteiger partial charge in [-0.2, -0.15) is 0 Å². The van der Waals surface area contributed by atoms with Crippen molar-refractivity contribution in [1.82, 2.24) is 0 Å². The predicted octanol–water partition coefficient (Wildman–Crippen LogP) is 4.17. The summed E-state index contributed by atoms with van der Waals surface area (Å²) < 4.78 is 5.63. The summed E-state index contributed by atoms with van der Waals surface area (Å²) in [7, 11) is 0. The molecule has 0 bridgehead atoms. The average molecular weight is 210 g/mol. The molecule has 88 valence electrons. The fraction of sp³-hybridized carbons (Fsp3) is 0.857. The number of hydrogen-bond donors (Lipinski definition) is 0. The van der Waals surface area contributed by atoms with Crippen molar-refractivity contribution in [2.24, 2.45) is 0 Å². The molecule has 0 aliphatic rings. The van der Waals surface area contributed by atoms with Crippen LogP contribution < -0.4 is 0 Å². The highest BCUT2D eigenvalue weighted by Crippen LogP contribution is 2.08. The first kappa shape index (κ1) is 14.5. The summed E-state index contributed by atoms with van der Waals surface area (Å²) in [5.41, 5.74) is 0.00675. The molecule has 0 heterocycles. The van der Waals surface area contributed by atoms with E-state index in [4.69, 9.17) is 4.74 Å². The topological polar surface area (TPSA) is 9.23 Å². The van der Waals surface area contributed by atoms with E-state index >= 15 is 0 Å². The first-order chi connectivity index (χ1) is 7.06. The quantitative estimate of drug-likeness (QED) is 0.472. The minimum Gasteiger partial charge on any atom is -0.376 e. The fourth-order valence-electron chi connectivity index (χ4n) is 1.14. The van der Waals surface area contributed by atoms with Gasteiger partial charge in [-0.05, 0) is 40.0 Å². The lowest BCUT2D eigenvalue weighted by Gasteiger charge is -2.19. The van der Waals surface area contributed by atoms with Crippen molar-refractivity contribution in [2.75, 3.05) is 6.61 Å². The van der Waals surface area contributed by atoms with Gasteiger partial charge in [0, 0.05) is 19.4 Å². The van der Waals surface area contributed by atoms with Crippen LogP contribution in [0.1, 0.15) is 66.2 Å². The molecule has 0 rings (SSSR count). The predicted molar refractivity (Wildman–Crippen MR) is 66.9 cm³/mol. The maximum Gasteiger partial charge on any atom is 0.0598 e. The van der Waals surface area contributed by atoms with Gasteiger partial charge in [0.2, 0.25) is 0 Å². The second-order valence-corrected chi connectivity index (χ2v) is 4.88. The van der Waals surface area contributed by atoms with Gasteiger partial charge in [-0.3, -0.25) is 0 Å². The van der Waals surface area contributed by atoms with Gasteiger partial charge < -0.3 is 4.74 Å². The normalized spacial score (nSPS) is 10.9. The smallest absolute Gasteiger partial charge is 0.0598 e. The molecular formula is C14H26O. The Balaban J connectivity index is 3.20. The summed E-state index contributed by atoms with van der Waals surface area (Å²) in [6.07, 6.45) is 6.86. The van der Waals surface area contributed by atoms with Crippen LogP contribution in [-0.2, 0) is 4.74 Å². The van der Waals surface area contributed by atoms with E-state index in [0.717, 1.165) is 32.3 Å². The Bertz CT molecular complexity index is 190. The third-order valence-corrected chi connectivity index (χ3v) is 2.01. The Kier molecular flexibility index (Phi) is 8.52. The van der Waals surface area contributed by atoms with Gasteiger partial charge in [-0.15, -0.1) is 11.8 Å². The minimum absolute atomic E-state index is 0.00675. The van der Waals surface area contributed by atoms with Gasteiger partial charge in [0.25, 0.3) is 0 Å². The molecular weight excluding hydrogens is 184 g/mol. The van der Waals surface area contributed by atoms with Gasteiger partial charge in [-0.25, -0.2) is 0 Å². The van der Waals surface area contributed by atoms with Crippen molar-refractivity contribution in [3.63, 3.8) is 0 Å². The summed E-state index contributed by atoms with van der Waals surface area (Å²) in [4.78, 5) is 0. The molecule has 0 amide bonds. The highest BCUT2D eigenvalue weighted by molar-refractivity contribution is 4.98. The van der Waals surface area contributed by atoms with E-state index in [-0.39, 0.29) is 5.60 Å². The Morgan fingerprint density at radius 1 is 0.933 bits per heavy atom. The number of rotatable bonds is 6. The Morgan fingerprint density at radius 2 is 1.53 bits per heavy atom. The molecule has 0 fully saturated rings. The number of unbranched alkanes of at least 4 members (excludes halogenated alkanes) is 4. The van der Waals surface area contributed by atoms with Crippen molar-refractivity contribution >= 4 is 0 Å². The summed E-state index contributed by atoms with van der Waals surface area (Å²) in [5.74, 6) is 6.41. The number of hydrogen-bond acceptors (Lipinski definition) is 1. The summed E-state index contributed by atoms with van der Waals surface area (Å²) in [6.45, 7) is 9.35. The average Bonchev–Trinajstić information content (AvgIpc) is 2.14. The zero-order chi connectivity index (χ0) is 11.6. The molecule has 1 heteroatoms. The van der Waals surface area contributed by atoms with Crippen molar-refractivity contribution < 1.29 is 4.74 Å². The molecule has 0 unspecified atom stereocenters. The largest absolute Gasteiger partial charge is 0.376 e. The van der Waals surface area contributed by atoms with Gasteiger partial charge in [0.05, 0.1) is 5.60 Å². The lowest BCUT2D eigenvalue weighted by Crippen LogP contribution is -2.19. The molecule has 0 aromatic rings. The van der Waals surface area contributed by atoms with E-state index < -0.39 is 0 Å². The second-order valence-electron chi connectivity index (χ2n) is 4.88. The molecule has 0 saturated carbocycles. The molecule has 0 spiro atoms. The minimum atomic E-state index is 0.00675. The summed E-state index contributed by atoms with van der Waals surface area (Å²) in [5, 5.41) is 0. The Labute approximate surface area is 95.6 Å². The molecule has 0 atom stereocenters. The maximum atomic E-state index is 5.63. The molecule has 0 saturated heterocycles. The first-order valence-electron chi connectivity index (χ1n) is 6.16. The molecule has 0 aromatic heterocycles. The SMILES string of the molecule is CCCCC#CCCCCOC(C)(C)C. The van der Waals surface area contributed by atoms with Crippen LogP contribution in [0.5, 0.6) is 0 Å². The van der Waals surface area contributed by atoms with Crippen molar-refractivity contribution in [3.05, 3.63) is 0 Å². The molecule has 15 heavy (non-hydrogen) atoms. The van der Waals surface area contributed by atoms with Crippen molar-refractivity contribution in [3.8, 4) is 11.8 Å². The molecule has 1 nitrogen and oxygen atoms in total. The Morgan fingerprint density at radius 3 is 2.07 bits per heavy atom. The lowest BCUT2D eigenvalue weighted by molar-refractivity contribution is -0.00443. The van der Waals surface area contributed by atoms with Gasteiger partial charge >= 0.3 is 0 Å². The van der Waals surface area contributed by atoms with Gasteiger partial charge in [0.15, 0.2) is 0 Å². The van der Waals surface area contributed by atoms with E-state index in [2.05, 4.69) is 39.5 Å². The van der Waals surface area contributed by atoms with Crippen LogP contribution in [0.2, 0.25) is 0 Å². The van der Waals surface area contributed by atoms with E-state index in [1.807, 2.05) is 0 Å². The molecule has 0 aliphatic heterocycles. The molecule has 0 radical (unpaired) electrons. The van der Waals surface area contributed by atoms with Crippen LogP contribution in [0.25, 0.3) is 0 Å². The highest BCUT2D eigenvalue weighted by atomic mass is 16.5. The zero-order valence-corrected chi connectivity index (χ0v) is 10.9. The third-order valence-electron chi connectivity index (χ3n) is 2.01. The second kappa shape index (κ2) is 8.80. The van der Waals surface area contributed by atoms with Gasteiger partial charge in [-0.1, -0.05) is 13.3 Å². The van der Waals surface area contributed by atoms with E-state index in [1.54, 1.807) is 0 Å². The van der Waals surface area contributed by atoms with Crippen LogP contribution >= 0.6 is 0 Å². The third kappa shape index (κ3) is 13.5. The summed E-state index contributed by atoms with van der Waals surface area (Å²) >= 11 is 0. The Hall–Kier alpha value is -0.480. The van der Waals surface area contributed by atoms with Crippen molar-refractivity contribution in [1.29, 1.82) is 0 Å². The first-order valence-corrected chi connectivity index (χ1v) is 6.16. The lowest BCUT2D eigenvalue weighted by atomic mass is 10.2. The zero-order valence-electron chi connectivity index (χ0n) is 10.9. The van der Waals surface area contributed by atoms with Crippen LogP contribution in [0.4, 0.5) is 0 Å². The molecule has 0 N–H and O–H groups in total. The molecule has 0 aliphatic carbocycles. The van der Waals surface area contributed by atoms with Crippen LogP contribution in [-0.4, -0.2) is 12.2 Å². The van der Waals surface area contributed by atoms with E-state index in [0.29, 0.717) is 0 Å². The fourth-order valence-corrected chi connectivity index (χ4v) is 1.14. The monoisotopic (exact) mass is 210 g/mol. The van der Waals surface area contributed by atoms with Crippen molar-refractivity contribution in [2.45, 2.75) is 71.8 Å². The van der Waals surface area contributed by atoms with E-state index in [1.165, 1.54) is 12.8 Å². The van der Waals surface area contributed by atoms with Crippen LogP contribution in [0.3, 0.4) is 0 Å². The standard InChI is InChI=1S/C14H26O/c1-5-6-7-8-9-10-11-12-13-15-14(2,3)4/h5-7,10-13H2,1-4H3. The summed E-state index contributed by atoms with van der Waals surface area (Å²) in [6, 6.07) is 0. The van der Waals surface area contributed by atoms with Crippen LogP contribution in [0.15, 0.2) is 0 Å². The van der Waals surface area contributed by atoms with Crippen LogP contribution in [0, 0.1) is 11.8 Å².